The van der Waals surface area contributed by atoms with Gasteiger partial charge in [0.2, 0.25) is 0 Å². The third kappa shape index (κ3) is 1.44. The van der Waals surface area contributed by atoms with Gasteiger partial charge in [-0.2, -0.15) is 15.0 Å². The number of rotatable bonds is 2. The van der Waals surface area contributed by atoms with Crippen molar-refractivity contribution in [2.45, 2.75) is 0 Å². The van der Waals surface area contributed by atoms with Crippen LogP contribution in [-0.4, -0.2) is 15.0 Å². The van der Waals surface area contributed by atoms with E-state index in [2.05, 4.69) is 15.4 Å². The molecule has 0 bridgehead atoms. The summed E-state index contributed by atoms with van der Waals surface area (Å²) >= 11 is 0. The zero-order valence-electron chi connectivity index (χ0n) is 6.66. The van der Waals surface area contributed by atoms with E-state index in [1.807, 2.05) is 0 Å². The zero-order valence-corrected chi connectivity index (χ0v) is 6.66. The van der Waals surface area contributed by atoms with Crippen LogP contribution in [-0.2, 0) is 0 Å². The van der Waals surface area contributed by atoms with E-state index in [4.69, 9.17) is 0 Å². The predicted octanol–water partition coefficient (Wildman–Crippen LogP) is 1.67. The van der Waals surface area contributed by atoms with Gasteiger partial charge in [0.25, 0.3) is 0 Å². The minimum absolute atomic E-state index is 0.399. The molecule has 5 heteroatoms. The van der Waals surface area contributed by atoms with Crippen LogP contribution in [0, 0.1) is 4.91 Å². The van der Waals surface area contributed by atoms with Crippen molar-refractivity contribution in [1.82, 2.24) is 15.0 Å². The Hall–Kier alpha value is -2.04. The Labute approximate surface area is 74.0 Å². The molecule has 0 N–H and O–H groups in total. The fraction of sp³-hybridized carbons (Fsp3) is 0. The van der Waals surface area contributed by atoms with Crippen LogP contribution in [0.1, 0.15) is 0 Å². The number of nitroso groups, excluding NO2 is 1. The Morgan fingerprint density at radius 2 is 1.69 bits per heavy atom. The van der Waals surface area contributed by atoms with Gasteiger partial charge in [-0.3, -0.25) is 0 Å². The van der Waals surface area contributed by atoms with E-state index in [1.54, 1.807) is 36.7 Å². The molecule has 1 aromatic heterocycles. The smallest absolute Gasteiger partial charge is 0.108 e. The highest BCUT2D eigenvalue weighted by Gasteiger charge is 1.96. The van der Waals surface area contributed by atoms with Crippen molar-refractivity contribution in [3.05, 3.63) is 41.6 Å². The normalized spacial score (nSPS) is 9.85. The molecule has 13 heavy (non-hydrogen) atoms. The highest BCUT2D eigenvalue weighted by molar-refractivity contribution is 5.43. The molecule has 2 rings (SSSR count). The largest absolute Gasteiger partial charge is 0.157 e. The molecule has 0 unspecified atom stereocenters. The number of hydrogen-bond acceptors (Lipinski definition) is 4. The molecule has 0 saturated heterocycles. The Balaban J connectivity index is 2.38. The molecule has 0 aliphatic carbocycles. The maximum Gasteiger partial charge on any atom is 0.108 e. The summed E-state index contributed by atoms with van der Waals surface area (Å²) < 4.78 is 0. The van der Waals surface area contributed by atoms with Crippen LogP contribution in [0.2, 0.25) is 0 Å². The van der Waals surface area contributed by atoms with Crippen molar-refractivity contribution in [3.8, 4) is 5.69 Å². The minimum Gasteiger partial charge on any atom is -0.157 e. The fourth-order valence-electron chi connectivity index (χ4n) is 0.996. The summed E-state index contributed by atoms with van der Waals surface area (Å²) in [6.45, 7) is 0. The van der Waals surface area contributed by atoms with Crippen molar-refractivity contribution in [2.75, 3.05) is 0 Å². The molecule has 0 amide bonds. The molecule has 0 fully saturated rings. The Morgan fingerprint density at radius 1 is 1.08 bits per heavy atom. The van der Waals surface area contributed by atoms with Crippen molar-refractivity contribution in [1.29, 1.82) is 0 Å². The molecule has 2 aromatic rings. The van der Waals surface area contributed by atoms with E-state index in [-0.39, 0.29) is 0 Å². The minimum atomic E-state index is 0.399. The summed E-state index contributed by atoms with van der Waals surface area (Å²) in [5.41, 5.74) is 1.20. The monoisotopic (exact) mass is 174 g/mol. The molecule has 0 saturated carbocycles. The third-order valence-electron chi connectivity index (χ3n) is 1.60. The lowest BCUT2D eigenvalue weighted by Gasteiger charge is -1.97. The maximum atomic E-state index is 10.1. The number of benzene rings is 1. The van der Waals surface area contributed by atoms with E-state index < -0.39 is 0 Å². The molecule has 0 radical (unpaired) electrons. The Morgan fingerprint density at radius 3 is 2.23 bits per heavy atom. The summed E-state index contributed by atoms with van der Waals surface area (Å²) in [6.07, 6.45) is 3.18. The Bertz CT molecular complexity index is 393. The summed E-state index contributed by atoms with van der Waals surface area (Å²) in [7, 11) is 0. The fourth-order valence-corrected chi connectivity index (χ4v) is 0.996. The van der Waals surface area contributed by atoms with Gasteiger partial charge >= 0.3 is 0 Å². The molecular weight excluding hydrogens is 168 g/mol. The third-order valence-corrected chi connectivity index (χ3v) is 1.60. The lowest BCUT2D eigenvalue weighted by atomic mass is 10.3. The van der Waals surface area contributed by atoms with E-state index in [9.17, 15) is 4.91 Å². The first kappa shape index (κ1) is 7.60. The highest BCUT2D eigenvalue weighted by atomic mass is 16.3. The first-order valence-electron chi connectivity index (χ1n) is 3.70. The summed E-state index contributed by atoms with van der Waals surface area (Å²) in [5, 5.41) is 10.7. The van der Waals surface area contributed by atoms with E-state index >= 15 is 0 Å². The summed E-state index contributed by atoms with van der Waals surface area (Å²) in [6, 6.07) is 6.70. The van der Waals surface area contributed by atoms with Gasteiger partial charge in [-0.05, 0) is 29.4 Å². The van der Waals surface area contributed by atoms with Gasteiger partial charge in [0, 0.05) is 0 Å². The Kier molecular flexibility index (Phi) is 1.84. The number of aromatic nitrogens is 3. The van der Waals surface area contributed by atoms with Crippen molar-refractivity contribution in [2.24, 2.45) is 5.18 Å². The van der Waals surface area contributed by atoms with Gasteiger partial charge < -0.3 is 0 Å². The van der Waals surface area contributed by atoms with Gasteiger partial charge in [-0.1, -0.05) is 0 Å². The van der Waals surface area contributed by atoms with Crippen molar-refractivity contribution >= 4 is 5.69 Å². The van der Waals surface area contributed by atoms with Crippen LogP contribution >= 0.6 is 0 Å². The second kappa shape index (κ2) is 3.14. The molecule has 5 nitrogen and oxygen atoms in total. The van der Waals surface area contributed by atoms with Gasteiger partial charge in [-0.25, -0.2) is 0 Å². The van der Waals surface area contributed by atoms with Crippen LogP contribution in [0.15, 0.2) is 41.8 Å². The molecule has 0 atom stereocenters. The highest BCUT2D eigenvalue weighted by Crippen LogP contribution is 2.13. The van der Waals surface area contributed by atoms with Crippen molar-refractivity contribution in [3.63, 3.8) is 0 Å². The number of hydrogen-bond donors (Lipinski definition) is 0. The molecular formula is C8H6N4O. The molecule has 0 spiro atoms. The standard InChI is InChI=1S/C8H6N4O/c13-11-7-1-3-8(4-2-7)12-9-5-6-10-12/h1-6H. The SMILES string of the molecule is O=Nc1ccc(-n2nccn2)cc1. The lowest BCUT2D eigenvalue weighted by molar-refractivity contribution is 0.752. The van der Waals surface area contributed by atoms with E-state index in [0.29, 0.717) is 5.69 Å². The summed E-state index contributed by atoms with van der Waals surface area (Å²) in [5.74, 6) is 0. The predicted molar refractivity (Wildman–Crippen MR) is 46.8 cm³/mol. The molecule has 1 aromatic carbocycles. The maximum absolute atomic E-state index is 10.1. The molecule has 64 valence electrons. The van der Waals surface area contributed by atoms with Crippen LogP contribution in [0.25, 0.3) is 5.69 Å². The topological polar surface area (TPSA) is 60.1 Å². The summed E-state index contributed by atoms with van der Waals surface area (Å²) in [4.78, 5) is 11.6. The second-order valence-electron chi connectivity index (χ2n) is 2.43. The zero-order chi connectivity index (χ0) is 9.10. The molecule has 1 heterocycles. The second-order valence-corrected chi connectivity index (χ2v) is 2.43. The van der Waals surface area contributed by atoms with Gasteiger partial charge in [0.15, 0.2) is 0 Å². The van der Waals surface area contributed by atoms with E-state index in [1.165, 1.54) is 4.80 Å². The van der Waals surface area contributed by atoms with Crippen molar-refractivity contribution < 1.29 is 0 Å². The van der Waals surface area contributed by atoms with Crippen LogP contribution in [0.4, 0.5) is 5.69 Å². The van der Waals surface area contributed by atoms with Gasteiger partial charge in [-0.15, -0.1) is 4.91 Å². The average molecular weight is 174 g/mol. The lowest BCUT2D eigenvalue weighted by Crippen LogP contribution is -1.96. The van der Waals surface area contributed by atoms with Gasteiger partial charge in [0.1, 0.15) is 5.69 Å². The first-order valence-corrected chi connectivity index (χ1v) is 3.70. The van der Waals surface area contributed by atoms with Gasteiger partial charge in [0.05, 0.1) is 18.1 Å². The van der Waals surface area contributed by atoms with E-state index in [0.717, 1.165) is 5.69 Å². The van der Waals surface area contributed by atoms with Crippen LogP contribution in [0.5, 0.6) is 0 Å². The quantitative estimate of drug-likeness (QED) is 0.650. The average Bonchev–Trinajstić information content (AvgIpc) is 2.71. The first-order chi connectivity index (χ1) is 6.40. The molecule has 0 aliphatic heterocycles. The van der Waals surface area contributed by atoms with Crippen LogP contribution in [0.3, 0.4) is 0 Å². The molecule has 0 aliphatic rings. The number of nitrogens with zero attached hydrogens (tertiary/aromatic N) is 4. The van der Waals surface area contributed by atoms with Crippen LogP contribution < -0.4 is 0 Å².